The molecular formula is C16H18N2O5S. The topological polar surface area (TPSA) is 108 Å². The Morgan fingerprint density at radius 1 is 1.17 bits per heavy atom. The lowest BCUT2D eigenvalue weighted by molar-refractivity contribution is 0.0998. The molecule has 0 bridgehead atoms. The lowest BCUT2D eigenvalue weighted by Gasteiger charge is -2.16. The average Bonchev–Trinajstić information content (AvgIpc) is 2.53. The van der Waals surface area contributed by atoms with Crippen molar-refractivity contribution in [1.82, 2.24) is 0 Å². The smallest absolute Gasteiger partial charge is 0.229 e. The van der Waals surface area contributed by atoms with Crippen molar-refractivity contribution in [3.63, 3.8) is 0 Å². The quantitative estimate of drug-likeness (QED) is 0.740. The number of hydrogen-bond acceptors (Lipinski definition) is 6. The van der Waals surface area contributed by atoms with Crippen LogP contribution in [0.5, 0.6) is 17.2 Å². The van der Waals surface area contributed by atoms with E-state index < -0.39 is 15.8 Å². The van der Waals surface area contributed by atoms with Crippen molar-refractivity contribution in [2.75, 3.05) is 24.6 Å². The van der Waals surface area contributed by atoms with Gasteiger partial charge in [0.25, 0.3) is 0 Å². The first kappa shape index (κ1) is 17.8. The number of nitrogens with one attached hydrogen (secondary N) is 1. The zero-order chi connectivity index (χ0) is 17.7. The molecule has 0 spiro atoms. The summed E-state index contributed by atoms with van der Waals surface area (Å²) in [7, 11) is -2.24. The summed E-state index contributed by atoms with van der Waals surface area (Å²) in [5, 5.41) is 0. The molecule has 0 aliphatic heterocycles. The van der Waals surface area contributed by atoms with E-state index in [1.807, 2.05) is 6.07 Å². The van der Waals surface area contributed by atoms with Crippen LogP contribution in [0.1, 0.15) is 10.4 Å². The van der Waals surface area contributed by atoms with Gasteiger partial charge in [-0.1, -0.05) is 18.2 Å². The Labute approximate surface area is 140 Å². The van der Waals surface area contributed by atoms with E-state index in [9.17, 15) is 13.2 Å². The van der Waals surface area contributed by atoms with Gasteiger partial charge < -0.3 is 15.2 Å². The van der Waals surface area contributed by atoms with Gasteiger partial charge in [-0.15, -0.1) is 0 Å². The number of para-hydroxylation sites is 1. The molecule has 8 heteroatoms. The molecule has 2 rings (SSSR count). The SMILES string of the molecule is COc1c(NS(C)(=O)=O)cc(Oc2ccccc2)cc1C(=O)CN. The van der Waals surface area contributed by atoms with Crippen molar-refractivity contribution >= 4 is 21.5 Å². The van der Waals surface area contributed by atoms with Crippen LogP contribution in [-0.2, 0) is 10.0 Å². The first-order valence-electron chi connectivity index (χ1n) is 7.00. The summed E-state index contributed by atoms with van der Waals surface area (Å²) < 4.78 is 36.3. The maximum Gasteiger partial charge on any atom is 0.229 e. The maximum atomic E-state index is 12.1. The minimum absolute atomic E-state index is 0.0938. The standard InChI is InChI=1S/C16H18N2O5S/c1-22-16-13(15(19)10-17)8-12(9-14(16)18-24(2,20)21)23-11-6-4-3-5-7-11/h3-9,18H,10,17H2,1-2H3. The first-order chi connectivity index (χ1) is 11.3. The summed E-state index contributed by atoms with van der Waals surface area (Å²) in [5.41, 5.74) is 5.66. The molecule has 2 aromatic carbocycles. The minimum Gasteiger partial charge on any atom is -0.494 e. The number of ether oxygens (including phenoxy) is 2. The van der Waals surface area contributed by atoms with Crippen LogP contribution >= 0.6 is 0 Å². The Hall–Kier alpha value is -2.58. The summed E-state index contributed by atoms with van der Waals surface area (Å²) in [6.07, 6.45) is 1.00. The van der Waals surface area contributed by atoms with Crippen LogP contribution < -0.4 is 19.9 Å². The summed E-state index contributed by atoms with van der Waals surface area (Å²) in [5.74, 6) is 0.516. The zero-order valence-electron chi connectivity index (χ0n) is 13.3. The molecule has 0 heterocycles. The van der Waals surface area contributed by atoms with E-state index in [4.69, 9.17) is 15.2 Å². The molecule has 0 aromatic heterocycles. The number of Topliss-reactive ketones (excluding diaryl/α,β-unsaturated/α-hetero) is 1. The lowest BCUT2D eigenvalue weighted by atomic mass is 10.1. The molecule has 0 aliphatic rings. The van der Waals surface area contributed by atoms with Gasteiger partial charge in [-0.3, -0.25) is 9.52 Å². The lowest BCUT2D eigenvalue weighted by Crippen LogP contribution is -2.17. The highest BCUT2D eigenvalue weighted by Gasteiger charge is 2.19. The van der Waals surface area contributed by atoms with E-state index in [0.29, 0.717) is 5.75 Å². The minimum atomic E-state index is -3.58. The second-order valence-corrected chi connectivity index (χ2v) is 6.72. The summed E-state index contributed by atoms with van der Waals surface area (Å²) >= 11 is 0. The predicted octanol–water partition coefficient (Wildman–Crippen LogP) is 2.00. The molecule has 128 valence electrons. The number of benzene rings is 2. The zero-order valence-corrected chi connectivity index (χ0v) is 14.1. The summed E-state index contributed by atoms with van der Waals surface area (Å²) in [6.45, 7) is -0.247. The second-order valence-electron chi connectivity index (χ2n) is 4.97. The molecule has 0 amide bonds. The molecule has 0 fully saturated rings. The van der Waals surface area contributed by atoms with Crippen molar-refractivity contribution in [2.24, 2.45) is 5.73 Å². The normalized spacial score (nSPS) is 11.0. The Balaban J connectivity index is 2.55. The van der Waals surface area contributed by atoms with E-state index >= 15 is 0 Å². The average molecular weight is 350 g/mol. The third-order valence-electron chi connectivity index (χ3n) is 3.03. The van der Waals surface area contributed by atoms with Gasteiger partial charge in [0.05, 0.1) is 31.2 Å². The Bertz CT molecular complexity index is 835. The molecule has 0 saturated heterocycles. The Morgan fingerprint density at radius 2 is 1.83 bits per heavy atom. The highest BCUT2D eigenvalue weighted by atomic mass is 32.2. The molecule has 0 radical (unpaired) electrons. The molecular weight excluding hydrogens is 332 g/mol. The number of carbonyl (C=O) groups is 1. The fraction of sp³-hybridized carbons (Fsp3) is 0.188. The molecule has 0 unspecified atom stereocenters. The van der Waals surface area contributed by atoms with Crippen LogP contribution in [0.25, 0.3) is 0 Å². The Morgan fingerprint density at radius 3 is 2.38 bits per heavy atom. The van der Waals surface area contributed by atoms with E-state index in [0.717, 1.165) is 6.26 Å². The highest BCUT2D eigenvalue weighted by molar-refractivity contribution is 7.92. The predicted molar refractivity (Wildman–Crippen MR) is 91.4 cm³/mol. The van der Waals surface area contributed by atoms with Gasteiger partial charge >= 0.3 is 0 Å². The monoisotopic (exact) mass is 350 g/mol. The fourth-order valence-electron chi connectivity index (χ4n) is 2.10. The largest absolute Gasteiger partial charge is 0.494 e. The van der Waals surface area contributed by atoms with E-state index in [2.05, 4.69) is 4.72 Å². The van der Waals surface area contributed by atoms with Crippen LogP contribution in [0.3, 0.4) is 0 Å². The molecule has 7 nitrogen and oxygen atoms in total. The van der Waals surface area contributed by atoms with Gasteiger partial charge in [0.2, 0.25) is 10.0 Å². The number of carbonyl (C=O) groups excluding carboxylic acids is 1. The number of methoxy groups -OCH3 is 1. The highest BCUT2D eigenvalue weighted by Crippen LogP contribution is 2.36. The first-order valence-corrected chi connectivity index (χ1v) is 8.89. The van der Waals surface area contributed by atoms with Crippen molar-refractivity contribution in [3.8, 4) is 17.2 Å². The van der Waals surface area contributed by atoms with Crippen molar-refractivity contribution < 1.29 is 22.7 Å². The van der Waals surface area contributed by atoms with Crippen LogP contribution in [-0.4, -0.2) is 34.1 Å². The maximum absolute atomic E-state index is 12.1. The van der Waals surface area contributed by atoms with Gasteiger partial charge in [-0.25, -0.2) is 8.42 Å². The van der Waals surface area contributed by atoms with Crippen molar-refractivity contribution in [1.29, 1.82) is 0 Å². The second kappa shape index (κ2) is 7.33. The molecule has 2 aromatic rings. The molecule has 24 heavy (non-hydrogen) atoms. The summed E-state index contributed by atoms with van der Waals surface area (Å²) in [4.78, 5) is 12.1. The van der Waals surface area contributed by atoms with Gasteiger partial charge in [0.15, 0.2) is 11.5 Å². The molecule has 3 N–H and O–H groups in total. The molecule has 0 aliphatic carbocycles. The van der Waals surface area contributed by atoms with Gasteiger partial charge in [0, 0.05) is 6.07 Å². The van der Waals surface area contributed by atoms with Crippen LogP contribution in [0.15, 0.2) is 42.5 Å². The van der Waals surface area contributed by atoms with E-state index in [-0.39, 0.29) is 29.3 Å². The number of hydrogen-bond donors (Lipinski definition) is 2. The van der Waals surface area contributed by atoms with Crippen LogP contribution in [0.2, 0.25) is 0 Å². The molecule has 0 atom stereocenters. The van der Waals surface area contributed by atoms with Crippen molar-refractivity contribution in [2.45, 2.75) is 0 Å². The van der Waals surface area contributed by atoms with E-state index in [1.165, 1.54) is 19.2 Å². The number of anilines is 1. The van der Waals surface area contributed by atoms with Gasteiger partial charge in [0.1, 0.15) is 11.5 Å². The summed E-state index contributed by atoms with van der Waals surface area (Å²) in [6, 6.07) is 11.8. The number of ketones is 1. The van der Waals surface area contributed by atoms with E-state index in [1.54, 1.807) is 24.3 Å². The van der Waals surface area contributed by atoms with Gasteiger partial charge in [-0.05, 0) is 18.2 Å². The third-order valence-corrected chi connectivity index (χ3v) is 3.62. The van der Waals surface area contributed by atoms with Gasteiger partial charge in [-0.2, -0.15) is 0 Å². The van der Waals surface area contributed by atoms with Crippen LogP contribution in [0.4, 0.5) is 5.69 Å². The molecule has 0 saturated carbocycles. The van der Waals surface area contributed by atoms with Crippen molar-refractivity contribution in [3.05, 3.63) is 48.0 Å². The number of nitrogens with two attached hydrogens (primary N) is 1. The Kier molecular flexibility index (Phi) is 5.42. The van der Waals surface area contributed by atoms with Crippen LogP contribution in [0, 0.1) is 0 Å². The number of sulfonamides is 1. The fourth-order valence-corrected chi connectivity index (χ4v) is 2.65. The third kappa shape index (κ3) is 4.46. The number of rotatable bonds is 7.